The number of carbonyl (C=O) groups is 2. The maximum absolute atomic E-state index is 13.5. The van der Waals surface area contributed by atoms with Crippen molar-refractivity contribution < 1.29 is 14.3 Å². The Hall–Kier alpha value is -2.21. The number of rotatable bonds is 5. The Labute approximate surface area is 182 Å². The number of amides is 2. The summed E-state index contributed by atoms with van der Waals surface area (Å²) in [5.74, 6) is 0.758. The summed E-state index contributed by atoms with van der Waals surface area (Å²) in [6.45, 7) is 2.37. The fraction of sp³-hybridized carbons (Fsp3) is 0.500. The molecule has 2 amide bonds. The molecule has 0 radical (unpaired) electrons. The van der Waals surface area contributed by atoms with Crippen molar-refractivity contribution in [3.8, 4) is 0 Å². The number of anilines is 1. The number of benzene rings is 2. The molecule has 6 heteroatoms. The molecule has 1 N–H and O–H groups in total. The van der Waals surface area contributed by atoms with Crippen LogP contribution in [-0.2, 0) is 9.53 Å². The van der Waals surface area contributed by atoms with Crippen LogP contribution in [0.15, 0.2) is 42.5 Å². The van der Waals surface area contributed by atoms with Crippen molar-refractivity contribution in [3.63, 3.8) is 0 Å². The first-order chi connectivity index (χ1) is 14.7. The molecule has 160 valence electrons. The van der Waals surface area contributed by atoms with Crippen LogP contribution in [0.5, 0.6) is 0 Å². The van der Waals surface area contributed by atoms with Gasteiger partial charge in [-0.3, -0.25) is 4.90 Å². The molecule has 30 heavy (non-hydrogen) atoms. The number of nitrogens with one attached hydrogen (secondary N) is 1. The van der Waals surface area contributed by atoms with Crippen LogP contribution >= 0.6 is 11.8 Å². The summed E-state index contributed by atoms with van der Waals surface area (Å²) in [6.07, 6.45) is 6.67. The van der Waals surface area contributed by atoms with E-state index in [0.717, 1.165) is 35.7 Å². The molecule has 1 heterocycles. The standard InChI is InChI=1S/C24H30N2O3S/c1-2-15-29-23(27)21-16-30-22(18-10-4-3-5-11-18)26(21)24(28)25-20-14-8-12-17-9-6-7-13-19(17)20/h6-9,12-14,18,21-22H,2-5,10-11,15-16H2,1H3,(H,25,28). The maximum Gasteiger partial charge on any atom is 0.329 e. The average Bonchev–Trinajstić information content (AvgIpc) is 3.24. The van der Waals surface area contributed by atoms with Gasteiger partial charge in [-0.25, -0.2) is 9.59 Å². The number of esters is 1. The number of urea groups is 1. The van der Waals surface area contributed by atoms with Gasteiger partial charge in [0.25, 0.3) is 0 Å². The summed E-state index contributed by atoms with van der Waals surface area (Å²) in [7, 11) is 0. The Morgan fingerprint density at radius 1 is 1.10 bits per heavy atom. The summed E-state index contributed by atoms with van der Waals surface area (Å²) < 4.78 is 5.44. The van der Waals surface area contributed by atoms with Gasteiger partial charge in [0.05, 0.1) is 17.7 Å². The Kier molecular flexibility index (Phi) is 6.82. The Balaban J connectivity index is 1.59. The molecule has 0 aromatic heterocycles. The maximum atomic E-state index is 13.5. The lowest BCUT2D eigenvalue weighted by Gasteiger charge is -2.35. The smallest absolute Gasteiger partial charge is 0.329 e. The Morgan fingerprint density at radius 3 is 2.67 bits per heavy atom. The van der Waals surface area contributed by atoms with Crippen LogP contribution in [0.4, 0.5) is 10.5 Å². The zero-order valence-electron chi connectivity index (χ0n) is 17.5. The lowest BCUT2D eigenvalue weighted by molar-refractivity contribution is -0.148. The van der Waals surface area contributed by atoms with Crippen molar-refractivity contribution >= 4 is 40.2 Å². The molecular weight excluding hydrogens is 396 g/mol. The number of fused-ring (bicyclic) bond motifs is 1. The Morgan fingerprint density at radius 2 is 1.87 bits per heavy atom. The van der Waals surface area contributed by atoms with E-state index in [1.165, 1.54) is 19.3 Å². The summed E-state index contributed by atoms with van der Waals surface area (Å²) in [5.41, 5.74) is 0.776. The highest BCUT2D eigenvalue weighted by atomic mass is 32.2. The highest BCUT2D eigenvalue weighted by Crippen LogP contribution is 2.41. The SMILES string of the molecule is CCCOC(=O)C1CSC(C2CCCCC2)N1C(=O)Nc1cccc2ccccc12. The number of thioether (sulfide) groups is 1. The van der Waals surface area contributed by atoms with E-state index >= 15 is 0 Å². The molecule has 2 aromatic carbocycles. The second kappa shape index (κ2) is 9.73. The number of hydrogen-bond acceptors (Lipinski definition) is 4. The van der Waals surface area contributed by atoms with E-state index in [1.807, 2.05) is 49.4 Å². The predicted octanol–water partition coefficient (Wildman–Crippen LogP) is 5.65. The van der Waals surface area contributed by atoms with Gasteiger partial charge in [0.2, 0.25) is 0 Å². The molecule has 1 saturated heterocycles. The minimum absolute atomic E-state index is 0.0273. The van der Waals surface area contributed by atoms with Crippen molar-refractivity contribution in [2.45, 2.75) is 56.9 Å². The molecular formula is C24H30N2O3S. The van der Waals surface area contributed by atoms with E-state index in [0.29, 0.717) is 18.3 Å². The third-order valence-electron chi connectivity index (χ3n) is 6.07. The molecule has 2 fully saturated rings. The number of ether oxygens (including phenoxy) is 1. The van der Waals surface area contributed by atoms with Gasteiger partial charge in [-0.2, -0.15) is 0 Å². The van der Waals surface area contributed by atoms with Crippen LogP contribution in [-0.4, -0.2) is 40.7 Å². The lowest BCUT2D eigenvalue weighted by atomic mass is 9.88. The molecule has 0 bridgehead atoms. The highest BCUT2D eigenvalue weighted by molar-refractivity contribution is 8.00. The monoisotopic (exact) mass is 426 g/mol. The third-order valence-corrected chi connectivity index (χ3v) is 7.54. The molecule has 5 nitrogen and oxygen atoms in total. The molecule has 2 unspecified atom stereocenters. The van der Waals surface area contributed by atoms with Crippen molar-refractivity contribution in [3.05, 3.63) is 42.5 Å². The van der Waals surface area contributed by atoms with Crippen LogP contribution in [0.2, 0.25) is 0 Å². The fourth-order valence-corrected chi connectivity index (χ4v) is 6.19. The minimum atomic E-state index is -0.525. The van der Waals surface area contributed by atoms with Gasteiger partial charge < -0.3 is 10.1 Å². The van der Waals surface area contributed by atoms with Gasteiger partial charge in [-0.1, -0.05) is 62.6 Å². The van der Waals surface area contributed by atoms with Gasteiger partial charge in [-0.15, -0.1) is 11.8 Å². The van der Waals surface area contributed by atoms with Crippen LogP contribution in [0.1, 0.15) is 45.4 Å². The zero-order valence-corrected chi connectivity index (χ0v) is 18.3. The topological polar surface area (TPSA) is 58.6 Å². The first-order valence-electron chi connectivity index (χ1n) is 11.0. The molecule has 2 aromatic rings. The number of carbonyl (C=O) groups excluding carboxylic acids is 2. The zero-order chi connectivity index (χ0) is 20.9. The first-order valence-corrected chi connectivity index (χ1v) is 12.1. The fourth-order valence-electron chi connectivity index (χ4n) is 4.56. The van der Waals surface area contributed by atoms with Crippen molar-refractivity contribution in [1.82, 2.24) is 4.90 Å². The molecule has 2 aliphatic rings. The van der Waals surface area contributed by atoms with Crippen molar-refractivity contribution in [1.29, 1.82) is 0 Å². The molecule has 2 atom stereocenters. The second-order valence-corrected chi connectivity index (χ2v) is 9.32. The molecule has 4 rings (SSSR count). The van der Waals surface area contributed by atoms with E-state index in [9.17, 15) is 9.59 Å². The summed E-state index contributed by atoms with van der Waals surface area (Å²) >= 11 is 1.73. The van der Waals surface area contributed by atoms with Gasteiger partial charge in [0.1, 0.15) is 6.04 Å². The van der Waals surface area contributed by atoms with E-state index < -0.39 is 6.04 Å². The van der Waals surface area contributed by atoms with Crippen LogP contribution in [0.3, 0.4) is 0 Å². The largest absolute Gasteiger partial charge is 0.464 e. The summed E-state index contributed by atoms with van der Waals surface area (Å²) in [6, 6.07) is 13.2. The summed E-state index contributed by atoms with van der Waals surface area (Å²) in [5, 5.41) is 5.21. The van der Waals surface area contributed by atoms with Gasteiger partial charge in [0.15, 0.2) is 0 Å². The van der Waals surface area contributed by atoms with Crippen molar-refractivity contribution in [2.24, 2.45) is 5.92 Å². The summed E-state index contributed by atoms with van der Waals surface area (Å²) in [4.78, 5) is 28.0. The lowest BCUT2D eigenvalue weighted by Crippen LogP contribution is -2.50. The molecule has 1 aliphatic carbocycles. The first kappa shape index (κ1) is 21.0. The molecule has 1 saturated carbocycles. The normalized spacial score (nSPS) is 22.2. The Bertz CT molecular complexity index is 892. The second-order valence-electron chi connectivity index (χ2n) is 8.17. The van der Waals surface area contributed by atoms with E-state index in [2.05, 4.69) is 5.32 Å². The molecule has 0 spiro atoms. The minimum Gasteiger partial charge on any atom is -0.464 e. The van der Waals surface area contributed by atoms with E-state index in [4.69, 9.17) is 4.74 Å². The van der Waals surface area contributed by atoms with Crippen LogP contribution in [0.25, 0.3) is 10.8 Å². The van der Waals surface area contributed by atoms with Crippen LogP contribution < -0.4 is 5.32 Å². The predicted molar refractivity (Wildman–Crippen MR) is 123 cm³/mol. The van der Waals surface area contributed by atoms with Crippen LogP contribution in [0, 0.1) is 5.92 Å². The quantitative estimate of drug-likeness (QED) is 0.628. The molecule has 1 aliphatic heterocycles. The van der Waals surface area contributed by atoms with Gasteiger partial charge in [-0.05, 0) is 36.6 Å². The third kappa shape index (κ3) is 4.43. The highest BCUT2D eigenvalue weighted by Gasteiger charge is 2.45. The number of hydrogen-bond donors (Lipinski definition) is 1. The van der Waals surface area contributed by atoms with E-state index in [1.54, 1.807) is 16.7 Å². The average molecular weight is 427 g/mol. The van der Waals surface area contributed by atoms with Gasteiger partial charge >= 0.3 is 12.0 Å². The van der Waals surface area contributed by atoms with Crippen molar-refractivity contribution in [2.75, 3.05) is 17.7 Å². The van der Waals surface area contributed by atoms with E-state index in [-0.39, 0.29) is 17.4 Å². The number of nitrogens with zero attached hydrogens (tertiary/aromatic N) is 1. The van der Waals surface area contributed by atoms with Gasteiger partial charge in [0, 0.05) is 11.1 Å².